The summed E-state index contributed by atoms with van der Waals surface area (Å²) in [6.45, 7) is 10.2. The summed E-state index contributed by atoms with van der Waals surface area (Å²) in [6.07, 6.45) is 1.64. The summed E-state index contributed by atoms with van der Waals surface area (Å²) in [7, 11) is 0. The lowest BCUT2D eigenvalue weighted by atomic mass is 10.2. The van der Waals surface area contributed by atoms with E-state index in [1.54, 1.807) is 10.9 Å². The van der Waals surface area contributed by atoms with E-state index in [9.17, 15) is 4.79 Å². The maximum absolute atomic E-state index is 11.9. The van der Waals surface area contributed by atoms with E-state index in [1.807, 2.05) is 32.0 Å². The second-order valence-electron chi connectivity index (χ2n) is 5.64. The molecule has 0 fully saturated rings. The first-order chi connectivity index (χ1) is 11.5. The number of hydrogen-bond acceptors (Lipinski definition) is 4. The van der Waals surface area contributed by atoms with E-state index in [0.29, 0.717) is 0 Å². The number of carbonyl (C=O) groups is 1. The number of amides is 1. The van der Waals surface area contributed by atoms with Crippen molar-refractivity contribution in [2.75, 3.05) is 18.0 Å². The van der Waals surface area contributed by atoms with Crippen molar-refractivity contribution in [1.82, 2.24) is 15.2 Å². The van der Waals surface area contributed by atoms with Gasteiger partial charge >= 0.3 is 0 Å². The molecule has 128 valence electrons. The molecule has 0 unspecified atom stereocenters. The van der Waals surface area contributed by atoms with Crippen LogP contribution < -0.4 is 10.3 Å². The lowest BCUT2D eigenvalue weighted by molar-refractivity contribution is -0.121. The number of nitrogens with zero attached hydrogens (tertiary/aromatic N) is 4. The van der Waals surface area contributed by atoms with Gasteiger partial charge < -0.3 is 4.90 Å². The molecular formula is C18H25N5O. The number of benzene rings is 1. The fourth-order valence-corrected chi connectivity index (χ4v) is 2.55. The summed E-state index contributed by atoms with van der Waals surface area (Å²) < 4.78 is 1.67. The minimum atomic E-state index is -0.197. The van der Waals surface area contributed by atoms with Crippen LogP contribution in [0.3, 0.4) is 0 Å². The molecule has 0 aliphatic heterocycles. The van der Waals surface area contributed by atoms with Crippen LogP contribution in [0.25, 0.3) is 0 Å². The molecule has 0 saturated carbocycles. The Morgan fingerprint density at radius 1 is 1.25 bits per heavy atom. The summed E-state index contributed by atoms with van der Waals surface area (Å²) in [5.41, 5.74) is 6.52. The van der Waals surface area contributed by atoms with E-state index in [0.717, 1.165) is 30.0 Å². The molecule has 6 nitrogen and oxygen atoms in total. The zero-order valence-corrected chi connectivity index (χ0v) is 14.8. The lowest BCUT2D eigenvalue weighted by Gasteiger charge is -2.20. The fraction of sp³-hybridized carbons (Fsp3) is 0.389. The van der Waals surface area contributed by atoms with E-state index in [2.05, 4.69) is 46.5 Å². The maximum atomic E-state index is 11.9. The Labute approximate surface area is 143 Å². The first-order valence-corrected chi connectivity index (χ1v) is 8.21. The van der Waals surface area contributed by atoms with E-state index < -0.39 is 0 Å². The van der Waals surface area contributed by atoms with Gasteiger partial charge in [0.25, 0.3) is 5.91 Å². The molecule has 2 rings (SSSR count). The average Bonchev–Trinajstić information content (AvgIpc) is 2.87. The van der Waals surface area contributed by atoms with Gasteiger partial charge in [-0.05, 0) is 51.5 Å². The van der Waals surface area contributed by atoms with Gasteiger partial charge in [-0.3, -0.25) is 9.48 Å². The van der Waals surface area contributed by atoms with Crippen molar-refractivity contribution in [2.24, 2.45) is 5.10 Å². The number of hydrazone groups is 1. The minimum Gasteiger partial charge on any atom is -0.372 e. The van der Waals surface area contributed by atoms with Crippen molar-refractivity contribution in [2.45, 2.75) is 34.2 Å². The molecule has 0 spiro atoms. The number of rotatable bonds is 7. The molecular weight excluding hydrogens is 302 g/mol. The van der Waals surface area contributed by atoms with Gasteiger partial charge in [-0.15, -0.1) is 0 Å². The van der Waals surface area contributed by atoms with Crippen LogP contribution in [0.1, 0.15) is 30.8 Å². The number of aryl methyl sites for hydroxylation is 2. The van der Waals surface area contributed by atoms with Crippen LogP contribution in [0, 0.1) is 13.8 Å². The molecule has 0 radical (unpaired) electrons. The molecule has 0 aliphatic carbocycles. The first-order valence-electron chi connectivity index (χ1n) is 8.21. The van der Waals surface area contributed by atoms with Crippen LogP contribution in [-0.2, 0) is 11.3 Å². The lowest BCUT2D eigenvalue weighted by Crippen LogP contribution is -2.24. The molecule has 1 amide bonds. The van der Waals surface area contributed by atoms with Crippen LogP contribution >= 0.6 is 0 Å². The Hall–Kier alpha value is -2.63. The van der Waals surface area contributed by atoms with Gasteiger partial charge in [0.1, 0.15) is 6.54 Å². The molecule has 0 bridgehead atoms. The zero-order chi connectivity index (χ0) is 17.5. The third kappa shape index (κ3) is 4.68. The highest BCUT2D eigenvalue weighted by Crippen LogP contribution is 2.13. The van der Waals surface area contributed by atoms with Crippen molar-refractivity contribution in [3.63, 3.8) is 0 Å². The van der Waals surface area contributed by atoms with E-state index >= 15 is 0 Å². The molecule has 1 heterocycles. The summed E-state index contributed by atoms with van der Waals surface area (Å²) in [6, 6.07) is 10.0. The largest absolute Gasteiger partial charge is 0.372 e. The Morgan fingerprint density at radius 3 is 2.46 bits per heavy atom. The van der Waals surface area contributed by atoms with Crippen LogP contribution in [-0.4, -0.2) is 35.0 Å². The van der Waals surface area contributed by atoms with Gasteiger partial charge in [0, 0.05) is 24.5 Å². The second-order valence-corrected chi connectivity index (χ2v) is 5.64. The molecule has 1 aromatic carbocycles. The van der Waals surface area contributed by atoms with Crippen molar-refractivity contribution in [3.8, 4) is 0 Å². The SMILES string of the molecule is CCN(CC)c1ccc(C=NNC(=O)Cn2nc(C)cc2C)cc1. The molecule has 0 saturated heterocycles. The van der Waals surface area contributed by atoms with Crippen molar-refractivity contribution in [1.29, 1.82) is 0 Å². The molecule has 2 aromatic rings. The maximum Gasteiger partial charge on any atom is 0.261 e. The fourth-order valence-electron chi connectivity index (χ4n) is 2.55. The topological polar surface area (TPSA) is 62.5 Å². The smallest absolute Gasteiger partial charge is 0.261 e. The van der Waals surface area contributed by atoms with Gasteiger partial charge in [-0.2, -0.15) is 10.2 Å². The molecule has 0 aliphatic rings. The average molecular weight is 327 g/mol. The molecule has 0 atom stereocenters. The number of aromatic nitrogens is 2. The molecule has 1 N–H and O–H groups in total. The van der Waals surface area contributed by atoms with Crippen LogP contribution in [0.4, 0.5) is 5.69 Å². The van der Waals surface area contributed by atoms with Crippen molar-refractivity contribution >= 4 is 17.8 Å². The third-order valence-electron chi connectivity index (χ3n) is 3.82. The van der Waals surface area contributed by atoms with Gasteiger partial charge in [-0.1, -0.05) is 12.1 Å². The molecule has 6 heteroatoms. The first kappa shape index (κ1) is 17.7. The van der Waals surface area contributed by atoms with Crippen LogP contribution in [0.5, 0.6) is 0 Å². The quantitative estimate of drug-likeness (QED) is 0.628. The third-order valence-corrected chi connectivity index (χ3v) is 3.82. The number of carbonyl (C=O) groups excluding carboxylic acids is 1. The molecule has 1 aromatic heterocycles. The highest BCUT2D eigenvalue weighted by molar-refractivity contribution is 5.82. The summed E-state index contributed by atoms with van der Waals surface area (Å²) in [4.78, 5) is 14.2. The summed E-state index contributed by atoms with van der Waals surface area (Å²) >= 11 is 0. The number of hydrogen-bond donors (Lipinski definition) is 1. The van der Waals surface area contributed by atoms with Gasteiger partial charge in [0.2, 0.25) is 0 Å². The van der Waals surface area contributed by atoms with E-state index in [-0.39, 0.29) is 12.5 Å². The monoisotopic (exact) mass is 327 g/mol. The minimum absolute atomic E-state index is 0.165. The van der Waals surface area contributed by atoms with Gasteiger partial charge in [0.15, 0.2) is 0 Å². The van der Waals surface area contributed by atoms with Crippen molar-refractivity contribution in [3.05, 3.63) is 47.3 Å². The van der Waals surface area contributed by atoms with E-state index in [1.165, 1.54) is 5.69 Å². The van der Waals surface area contributed by atoms with E-state index in [4.69, 9.17) is 0 Å². The summed E-state index contributed by atoms with van der Waals surface area (Å²) in [5.74, 6) is -0.197. The zero-order valence-electron chi connectivity index (χ0n) is 14.8. The van der Waals surface area contributed by atoms with Crippen molar-refractivity contribution < 1.29 is 4.79 Å². The Bertz CT molecular complexity index is 699. The number of nitrogens with one attached hydrogen (secondary N) is 1. The normalized spacial score (nSPS) is 11.0. The predicted octanol–water partition coefficient (Wildman–Crippen LogP) is 2.50. The van der Waals surface area contributed by atoms with Crippen LogP contribution in [0.15, 0.2) is 35.4 Å². The highest BCUT2D eigenvalue weighted by atomic mass is 16.2. The van der Waals surface area contributed by atoms with Gasteiger partial charge in [0.05, 0.1) is 11.9 Å². The van der Waals surface area contributed by atoms with Crippen LogP contribution in [0.2, 0.25) is 0 Å². The Morgan fingerprint density at radius 2 is 1.92 bits per heavy atom. The Kier molecular flexibility index (Phi) is 6.12. The Balaban J connectivity index is 1.89. The molecule has 24 heavy (non-hydrogen) atoms. The second kappa shape index (κ2) is 8.29. The van der Waals surface area contributed by atoms with Gasteiger partial charge in [-0.25, -0.2) is 5.43 Å². The highest BCUT2D eigenvalue weighted by Gasteiger charge is 2.06. The summed E-state index contributed by atoms with van der Waals surface area (Å²) in [5, 5.41) is 8.27. The standard InChI is InChI=1S/C18H25N5O/c1-5-22(6-2)17-9-7-16(8-10-17)12-19-20-18(24)13-23-15(4)11-14(3)21-23/h7-12H,5-6,13H2,1-4H3,(H,20,24). The number of anilines is 1. The predicted molar refractivity (Wildman–Crippen MR) is 97.4 cm³/mol.